The average Bonchev–Trinajstić information content (AvgIpc) is 2.96. The highest BCUT2D eigenvalue weighted by atomic mass is 35.5. The summed E-state index contributed by atoms with van der Waals surface area (Å²) in [6, 6.07) is 17.2. The van der Waals surface area contributed by atoms with Crippen LogP contribution in [-0.2, 0) is 26.2 Å². The van der Waals surface area contributed by atoms with Crippen LogP contribution in [0.25, 0.3) is 0 Å². The molecule has 0 unspecified atom stereocenters. The van der Waals surface area contributed by atoms with Crippen LogP contribution >= 0.6 is 23.2 Å². The summed E-state index contributed by atoms with van der Waals surface area (Å²) < 4.78 is 34.2. The standard InChI is InChI=1S/C30H35Cl2N3O5S/c1-5-17-33-30(37)26(6-2)34(19-22-9-7-10-23(18-22)40-4)28(36)20-35(27-12-8-11-25(31)29(27)32)41(38,39)24-15-13-21(3)14-16-24/h7-16,18,26H,5-6,17,19-20H2,1-4H3,(H,33,37)/t26-/m0/s1. The average molecular weight is 621 g/mol. The second kappa shape index (κ2) is 14.6. The number of rotatable bonds is 13. The summed E-state index contributed by atoms with van der Waals surface area (Å²) in [7, 11) is -2.73. The molecule has 0 spiro atoms. The van der Waals surface area contributed by atoms with Gasteiger partial charge in [0.2, 0.25) is 11.8 Å². The first-order chi connectivity index (χ1) is 19.5. The third-order valence-corrected chi connectivity index (χ3v) is 9.09. The van der Waals surface area contributed by atoms with E-state index in [2.05, 4.69) is 5.32 Å². The first-order valence-electron chi connectivity index (χ1n) is 13.3. The molecule has 1 N–H and O–H groups in total. The monoisotopic (exact) mass is 619 g/mol. The zero-order valence-corrected chi connectivity index (χ0v) is 25.9. The largest absolute Gasteiger partial charge is 0.497 e. The molecule has 0 aliphatic carbocycles. The fourth-order valence-electron chi connectivity index (χ4n) is 4.29. The van der Waals surface area contributed by atoms with E-state index in [0.717, 1.165) is 16.3 Å². The van der Waals surface area contributed by atoms with Crippen molar-refractivity contribution in [1.29, 1.82) is 0 Å². The first-order valence-corrected chi connectivity index (χ1v) is 15.5. The van der Waals surface area contributed by atoms with E-state index in [0.29, 0.717) is 24.3 Å². The van der Waals surface area contributed by atoms with Gasteiger partial charge in [-0.3, -0.25) is 13.9 Å². The Labute approximate surface area is 252 Å². The molecule has 1 atom stereocenters. The number of anilines is 1. The Balaban J connectivity index is 2.10. The van der Waals surface area contributed by atoms with Gasteiger partial charge in [0.1, 0.15) is 18.3 Å². The number of ether oxygens (including phenoxy) is 1. The normalized spacial score (nSPS) is 12.0. The van der Waals surface area contributed by atoms with Gasteiger partial charge in [0.05, 0.1) is 27.7 Å². The highest BCUT2D eigenvalue weighted by molar-refractivity contribution is 7.92. The minimum Gasteiger partial charge on any atom is -0.497 e. The lowest BCUT2D eigenvalue weighted by molar-refractivity contribution is -0.140. The van der Waals surface area contributed by atoms with E-state index in [1.807, 2.05) is 19.9 Å². The summed E-state index contributed by atoms with van der Waals surface area (Å²) in [6.45, 7) is 5.46. The van der Waals surface area contributed by atoms with Crippen molar-refractivity contribution in [2.24, 2.45) is 0 Å². The summed E-state index contributed by atoms with van der Waals surface area (Å²) in [5, 5.41) is 2.99. The Kier molecular flexibility index (Phi) is 11.5. The first kappa shape index (κ1) is 32.2. The Morgan fingerprint density at radius 3 is 2.32 bits per heavy atom. The summed E-state index contributed by atoms with van der Waals surface area (Å²) in [6.07, 6.45) is 1.04. The van der Waals surface area contributed by atoms with Crippen LogP contribution < -0.4 is 14.4 Å². The highest BCUT2D eigenvalue weighted by Gasteiger charge is 2.34. The third-order valence-electron chi connectivity index (χ3n) is 6.51. The number of benzene rings is 3. The van der Waals surface area contributed by atoms with E-state index in [4.69, 9.17) is 27.9 Å². The molecular weight excluding hydrogens is 585 g/mol. The molecule has 0 aromatic heterocycles. The number of aryl methyl sites for hydroxylation is 1. The molecule has 0 heterocycles. The minimum absolute atomic E-state index is 0.00951. The van der Waals surface area contributed by atoms with Crippen LogP contribution in [0.5, 0.6) is 5.75 Å². The molecule has 0 fully saturated rings. The lowest BCUT2D eigenvalue weighted by atomic mass is 10.1. The van der Waals surface area contributed by atoms with Gasteiger partial charge in [0.25, 0.3) is 10.0 Å². The van der Waals surface area contributed by atoms with Crippen molar-refractivity contribution >= 4 is 50.7 Å². The lowest BCUT2D eigenvalue weighted by Crippen LogP contribution is -2.52. The number of amides is 2. The second-order valence-corrected chi connectivity index (χ2v) is 12.1. The van der Waals surface area contributed by atoms with Crippen molar-refractivity contribution in [2.45, 2.75) is 51.1 Å². The summed E-state index contributed by atoms with van der Waals surface area (Å²) >= 11 is 12.7. The Morgan fingerprint density at radius 2 is 1.68 bits per heavy atom. The molecular formula is C30H35Cl2N3O5S. The highest BCUT2D eigenvalue weighted by Crippen LogP contribution is 2.35. The quantitative estimate of drug-likeness (QED) is 0.259. The molecule has 0 aliphatic rings. The van der Waals surface area contributed by atoms with Crippen molar-refractivity contribution in [3.8, 4) is 5.75 Å². The number of nitrogens with one attached hydrogen (secondary N) is 1. The minimum atomic E-state index is -4.27. The second-order valence-electron chi connectivity index (χ2n) is 9.49. The molecule has 0 bridgehead atoms. The molecule has 41 heavy (non-hydrogen) atoms. The zero-order chi connectivity index (χ0) is 30.2. The molecule has 3 aromatic rings. The van der Waals surface area contributed by atoms with E-state index < -0.39 is 28.5 Å². The van der Waals surface area contributed by atoms with E-state index in [1.165, 1.54) is 36.3 Å². The molecule has 0 radical (unpaired) electrons. The molecule has 0 saturated carbocycles. The maximum Gasteiger partial charge on any atom is 0.264 e. The summed E-state index contributed by atoms with van der Waals surface area (Å²) in [5.41, 5.74) is 1.65. The number of carbonyl (C=O) groups excluding carboxylic acids is 2. The van der Waals surface area contributed by atoms with Crippen LogP contribution in [-0.4, -0.2) is 51.4 Å². The molecule has 0 saturated heterocycles. The van der Waals surface area contributed by atoms with Crippen LogP contribution in [0.1, 0.15) is 37.8 Å². The topological polar surface area (TPSA) is 96.0 Å². The number of halogens is 2. The SMILES string of the molecule is CCCNC(=O)[C@H](CC)N(Cc1cccc(OC)c1)C(=O)CN(c1cccc(Cl)c1Cl)S(=O)(=O)c1ccc(C)cc1. The maximum atomic E-state index is 14.1. The van der Waals surface area contributed by atoms with Crippen molar-refractivity contribution < 1.29 is 22.7 Å². The number of sulfonamides is 1. The van der Waals surface area contributed by atoms with Gasteiger partial charge in [0.15, 0.2) is 0 Å². The predicted molar refractivity (Wildman–Crippen MR) is 163 cm³/mol. The van der Waals surface area contributed by atoms with Crippen molar-refractivity contribution in [2.75, 3.05) is 24.5 Å². The van der Waals surface area contributed by atoms with Gasteiger partial charge in [0, 0.05) is 13.1 Å². The maximum absolute atomic E-state index is 14.1. The summed E-state index contributed by atoms with van der Waals surface area (Å²) in [5.74, 6) is -0.315. The van der Waals surface area contributed by atoms with Gasteiger partial charge >= 0.3 is 0 Å². The number of carbonyl (C=O) groups is 2. The molecule has 8 nitrogen and oxygen atoms in total. The van der Waals surface area contributed by atoms with Gasteiger partial charge in [-0.15, -0.1) is 0 Å². The molecule has 2 amide bonds. The van der Waals surface area contributed by atoms with Crippen LogP contribution in [0, 0.1) is 6.92 Å². The van der Waals surface area contributed by atoms with E-state index >= 15 is 0 Å². The van der Waals surface area contributed by atoms with Crippen molar-refractivity contribution in [3.63, 3.8) is 0 Å². The van der Waals surface area contributed by atoms with Crippen LogP contribution in [0.15, 0.2) is 71.6 Å². The number of hydrogen-bond acceptors (Lipinski definition) is 5. The smallest absolute Gasteiger partial charge is 0.264 e. The van der Waals surface area contributed by atoms with Crippen LogP contribution in [0.3, 0.4) is 0 Å². The lowest BCUT2D eigenvalue weighted by Gasteiger charge is -2.33. The van der Waals surface area contributed by atoms with Gasteiger partial charge in [-0.2, -0.15) is 0 Å². The molecule has 3 aromatic carbocycles. The van der Waals surface area contributed by atoms with Gasteiger partial charge < -0.3 is 15.0 Å². The number of methoxy groups -OCH3 is 1. The number of nitrogens with zero attached hydrogens (tertiary/aromatic N) is 2. The fraction of sp³-hybridized carbons (Fsp3) is 0.333. The van der Waals surface area contributed by atoms with E-state index in [1.54, 1.807) is 43.3 Å². The zero-order valence-electron chi connectivity index (χ0n) is 23.6. The summed E-state index contributed by atoms with van der Waals surface area (Å²) in [4.78, 5) is 28.7. The molecule has 220 valence electrons. The molecule has 0 aliphatic heterocycles. The Hall–Kier alpha value is -3.27. The molecule has 11 heteroatoms. The predicted octanol–water partition coefficient (Wildman–Crippen LogP) is 5.84. The van der Waals surface area contributed by atoms with Crippen LogP contribution in [0.2, 0.25) is 10.0 Å². The van der Waals surface area contributed by atoms with Crippen molar-refractivity contribution in [3.05, 3.63) is 87.9 Å². The Bertz CT molecular complexity index is 1470. The number of hydrogen-bond donors (Lipinski definition) is 1. The molecule has 3 rings (SSSR count). The van der Waals surface area contributed by atoms with Crippen LogP contribution in [0.4, 0.5) is 5.69 Å². The third kappa shape index (κ3) is 7.93. The van der Waals surface area contributed by atoms with Gasteiger partial charge in [-0.1, -0.05) is 72.9 Å². The van der Waals surface area contributed by atoms with E-state index in [9.17, 15) is 18.0 Å². The van der Waals surface area contributed by atoms with E-state index in [-0.39, 0.29) is 33.1 Å². The van der Waals surface area contributed by atoms with Crippen molar-refractivity contribution in [1.82, 2.24) is 10.2 Å². The van der Waals surface area contributed by atoms with Gasteiger partial charge in [-0.05, 0) is 61.7 Å². The Morgan fingerprint density at radius 1 is 1.00 bits per heavy atom. The van der Waals surface area contributed by atoms with Gasteiger partial charge in [-0.25, -0.2) is 8.42 Å². The fourth-order valence-corrected chi connectivity index (χ4v) is 6.16.